The van der Waals surface area contributed by atoms with Gasteiger partial charge in [0.2, 0.25) is 5.91 Å². The third kappa shape index (κ3) is 67.3. The summed E-state index contributed by atoms with van der Waals surface area (Å²) in [7, 11) is 0. The molecule has 0 spiro atoms. The molecule has 0 radical (unpaired) electrons. The molecule has 0 rings (SSSR count). The van der Waals surface area contributed by atoms with E-state index in [1.807, 2.05) is 6.08 Å². The molecule has 0 aliphatic carbocycles. The van der Waals surface area contributed by atoms with Crippen molar-refractivity contribution in [3.8, 4) is 0 Å². The zero-order valence-electron chi connectivity index (χ0n) is 55.0. The summed E-state index contributed by atoms with van der Waals surface area (Å²) < 4.78 is 5.51. The molecule has 0 aromatic rings. The molecular formula is C75H145NO5. The van der Waals surface area contributed by atoms with Crippen LogP contribution in [0.25, 0.3) is 0 Å². The van der Waals surface area contributed by atoms with Crippen molar-refractivity contribution in [1.29, 1.82) is 0 Å². The number of unbranched alkanes of at least 4 members (excludes halogenated alkanes) is 57. The van der Waals surface area contributed by atoms with Gasteiger partial charge in [-0.2, -0.15) is 0 Å². The smallest absolute Gasteiger partial charge is 0.305 e. The molecule has 2 unspecified atom stereocenters. The molecule has 6 heteroatoms. The average Bonchev–Trinajstić information content (AvgIpc) is 3.47. The Morgan fingerprint density at radius 1 is 0.333 bits per heavy atom. The van der Waals surface area contributed by atoms with Gasteiger partial charge in [0.25, 0.3) is 0 Å². The molecule has 0 heterocycles. The van der Waals surface area contributed by atoms with Crippen LogP contribution < -0.4 is 5.32 Å². The highest BCUT2D eigenvalue weighted by molar-refractivity contribution is 5.76. The van der Waals surface area contributed by atoms with Gasteiger partial charge in [-0.3, -0.25) is 9.59 Å². The van der Waals surface area contributed by atoms with E-state index in [0.717, 1.165) is 44.9 Å². The molecule has 0 saturated carbocycles. The fraction of sp³-hybridized carbons (Fsp3) is 0.920. The fourth-order valence-corrected chi connectivity index (χ4v) is 11.8. The molecule has 6 nitrogen and oxygen atoms in total. The monoisotopic (exact) mass is 1140 g/mol. The topological polar surface area (TPSA) is 95.9 Å². The number of aliphatic hydroxyl groups is 2. The summed E-state index contributed by atoms with van der Waals surface area (Å²) >= 11 is 0. The Morgan fingerprint density at radius 2 is 0.580 bits per heavy atom. The predicted octanol–water partition coefficient (Wildman–Crippen LogP) is 24.1. The highest BCUT2D eigenvalue weighted by Gasteiger charge is 2.18. The zero-order valence-corrected chi connectivity index (χ0v) is 55.0. The third-order valence-electron chi connectivity index (χ3n) is 17.5. The van der Waals surface area contributed by atoms with Crippen molar-refractivity contribution in [2.45, 2.75) is 431 Å². The molecular weight excluding hydrogens is 995 g/mol. The lowest BCUT2D eigenvalue weighted by Gasteiger charge is -2.20. The molecule has 81 heavy (non-hydrogen) atoms. The Morgan fingerprint density at radius 3 is 0.877 bits per heavy atom. The van der Waals surface area contributed by atoms with Crippen molar-refractivity contribution in [3.05, 3.63) is 24.3 Å². The number of nitrogens with one attached hydrogen (secondary N) is 1. The number of esters is 1. The van der Waals surface area contributed by atoms with E-state index in [1.54, 1.807) is 6.08 Å². The summed E-state index contributed by atoms with van der Waals surface area (Å²) in [5.74, 6) is -0.0448. The van der Waals surface area contributed by atoms with Crippen LogP contribution in [0.5, 0.6) is 0 Å². The van der Waals surface area contributed by atoms with E-state index >= 15 is 0 Å². The van der Waals surface area contributed by atoms with Crippen molar-refractivity contribution >= 4 is 11.9 Å². The van der Waals surface area contributed by atoms with Crippen LogP contribution >= 0.6 is 0 Å². The van der Waals surface area contributed by atoms with Crippen LogP contribution in [0.2, 0.25) is 0 Å². The van der Waals surface area contributed by atoms with Gasteiger partial charge in [-0.05, 0) is 57.8 Å². The lowest BCUT2D eigenvalue weighted by Crippen LogP contribution is -2.45. The quantitative estimate of drug-likeness (QED) is 0.0320. The maximum atomic E-state index is 12.5. The Bertz CT molecular complexity index is 1270. The summed E-state index contributed by atoms with van der Waals surface area (Å²) in [6.07, 6.45) is 89.9. The van der Waals surface area contributed by atoms with Gasteiger partial charge in [-0.1, -0.05) is 372 Å². The number of hydrogen-bond donors (Lipinski definition) is 3. The van der Waals surface area contributed by atoms with Crippen LogP contribution in [0.1, 0.15) is 418 Å². The number of allylic oxidation sites excluding steroid dienone is 3. The van der Waals surface area contributed by atoms with Crippen LogP contribution in [0.15, 0.2) is 24.3 Å². The lowest BCUT2D eigenvalue weighted by molar-refractivity contribution is -0.143. The Hall–Kier alpha value is -1.66. The van der Waals surface area contributed by atoms with Crippen LogP contribution in [-0.4, -0.2) is 47.4 Å². The highest BCUT2D eigenvalue weighted by atomic mass is 16.5. The fourth-order valence-electron chi connectivity index (χ4n) is 11.8. The molecule has 2 atom stereocenters. The number of carbonyl (C=O) groups is 2. The summed E-state index contributed by atoms with van der Waals surface area (Å²) in [6.45, 7) is 4.94. The first-order valence-corrected chi connectivity index (χ1v) is 37.1. The van der Waals surface area contributed by atoms with E-state index < -0.39 is 12.1 Å². The first kappa shape index (κ1) is 79.3. The van der Waals surface area contributed by atoms with Gasteiger partial charge in [0.15, 0.2) is 0 Å². The minimum absolute atomic E-state index is 0.0160. The number of amides is 1. The standard InChI is InChI=1S/C75H145NO5/c1-3-5-7-9-11-13-15-17-19-21-32-36-39-43-47-51-55-59-63-67-73(78)72(71-77)76-74(79)68-64-60-56-52-48-44-40-37-33-30-28-26-24-22-23-25-27-29-31-34-38-42-46-50-54-58-62-66-70-81-75(80)69-65-61-57-53-49-45-41-35-20-18-16-14-12-10-8-6-4-2/h18,20,63,67,72-73,77-78H,3-17,19,21-62,64-66,68-71H2,1-2H3,(H,76,79)/b20-18-,67-63+. The van der Waals surface area contributed by atoms with Crippen molar-refractivity contribution in [2.24, 2.45) is 0 Å². The van der Waals surface area contributed by atoms with E-state index in [9.17, 15) is 19.8 Å². The number of ether oxygens (including phenoxy) is 1. The van der Waals surface area contributed by atoms with Crippen LogP contribution in [0.3, 0.4) is 0 Å². The maximum Gasteiger partial charge on any atom is 0.305 e. The van der Waals surface area contributed by atoms with Gasteiger partial charge in [0, 0.05) is 12.8 Å². The first-order chi connectivity index (χ1) is 40.0. The molecule has 0 aromatic carbocycles. The van der Waals surface area contributed by atoms with Crippen LogP contribution in [-0.2, 0) is 14.3 Å². The summed E-state index contributed by atoms with van der Waals surface area (Å²) in [4.78, 5) is 24.6. The molecule has 1 amide bonds. The Balaban J connectivity index is 3.36. The molecule has 480 valence electrons. The molecule has 0 fully saturated rings. The lowest BCUT2D eigenvalue weighted by atomic mass is 10.0. The van der Waals surface area contributed by atoms with Gasteiger partial charge >= 0.3 is 5.97 Å². The SMILES string of the molecule is CCCCCCCC/C=C\CCCCCCCCCC(=O)OCCCCCCCCCCCCCCCCCCCCCCCCCCCCCCC(=O)NC(CO)C(O)/C=C/CCCCCCCCCCCCCCCCCCC. The van der Waals surface area contributed by atoms with Gasteiger partial charge < -0.3 is 20.3 Å². The largest absolute Gasteiger partial charge is 0.466 e. The van der Waals surface area contributed by atoms with Gasteiger partial charge in [0.1, 0.15) is 0 Å². The number of rotatable bonds is 70. The molecule has 0 aromatic heterocycles. The predicted molar refractivity (Wildman–Crippen MR) is 356 cm³/mol. The van der Waals surface area contributed by atoms with E-state index in [-0.39, 0.29) is 18.5 Å². The normalized spacial score (nSPS) is 12.6. The van der Waals surface area contributed by atoms with Crippen molar-refractivity contribution in [1.82, 2.24) is 5.32 Å². The van der Waals surface area contributed by atoms with Gasteiger partial charge in [0.05, 0.1) is 25.4 Å². The second-order valence-electron chi connectivity index (χ2n) is 25.6. The summed E-state index contributed by atoms with van der Waals surface area (Å²) in [5.41, 5.74) is 0. The third-order valence-corrected chi connectivity index (χ3v) is 17.5. The zero-order chi connectivity index (χ0) is 58.5. The van der Waals surface area contributed by atoms with E-state index in [0.29, 0.717) is 19.4 Å². The number of aliphatic hydroxyl groups excluding tert-OH is 2. The minimum Gasteiger partial charge on any atom is -0.466 e. The average molecular weight is 1140 g/mol. The summed E-state index contributed by atoms with van der Waals surface area (Å²) in [5, 5.41) is 23.2. The van der Waals surface area contributed by atoms with Gasteiger partial charge in [-0.25, -0.2) is 0 Å². The van der Waals surface area contributed by atoms with Crippen molar-refractivity contribution in [2.75, 3.05) is 13.2 Å². The number of hydrogen-bond acceptors (Lipinski definition) is 5. The molecule has 0 aliphatic rings. The molecule has 0 aliphatic heterocycles. The molecule has 0 saturated heterocycles. The van der Waals surface area contributed by atoms with E-state index in [2.05, 4.69) is 31.3 Å². The maximum absolute atomic E-state index is 12.5. The number of carbonyl (C=O) groups excluding carboxylic acids is 2. The van der Waals surface area contributed by atoms with Crippen LogP contribution in [0, 0.1) is 0 Å². The summed E-state index contributed by atoms with van der Waals surface area (Å²) in [6, 6.07) is -0.626. The van der Waals surface area contributed by atoms with Crippen molar-refractivity contribution in [3.63, 3.8) is 0 Å². The Kier molecular flexibility index (Phi) is 69.4. The Labute approximate surface area is 507 Å². The second kappa shape index (κ2) is 70.8. The van der Waals surface area contributed by atoms with E-state index in [4.69, 9.17) is 4.74 Å². The highest BCUT2D eigenvalue weighted by Crippen LogP contribution is 2.19. The minimum atomic E-state index is -0.843. The molecule has 0 bridgehead atoms. The van der Waals surface area contributed by atoms with Gasteiger partial charge in [-0.15, -0.1) is 0 Å². The van der Waals surface area contributed by atoms with Crippen LogP contribution in [0.4, 0.5) is 0 Å². The van der Waals surface area contributed by atoms with Crippen molar-refractivity contribution < 1.29 is 24.5 Å². The molecule has 3 N–H and O–H groups in total. The first-order valence-electron chi connectivity index (χ1n) is 37.1. The van der Waals surface area contributed by atoms with E-state index in [1.165, 1.54) is 347 Å². The second-order valence-corrected chi connectivity index (χ2v) is 25.6.